The Morgan fingerprint density at radius 1 is 1.07 bits per heavy atom. The van der Waals surface area contributed by atoms with E-state index in [1.807, 2.05) is 24.3 Å². The fourth-order valence-corrected chi connectivity index (χ4v) is 2.13. The van der Waals surface area contributed by atoms with Crippen molar-refractivity contribution in [2.45, 2.75) is 19.3 Å². The lowest BCUT2D eigenvalue weighted by molar-refractivity contribution is -0.154. The highest BCUT2D eigenvalue weighted by atomic mass is 127. The van der Waals surface area contributed by atoms with Crippen LogP contribution in [0.3, 0.4) is 0 Å². The van der Waals surface area contributed by atoms with E-state index in [1.165, 1.54) is 12.3 Å². The number of halogens is 4. The van der Waals surface area contributed by atoms with Crippen molar-refractivity contribution < 1.29 is 22.6 Å². The van der Waals surface area contributed by atoms with E-state index in [1.54, 1.807) is 20.2 Å². The Balaban J connectivity index is 0.00000392. The molecular formula is C18H22F3IN4O2. The van der Waals surface area contributed by atoms with E-state index in [4.69, 9.17) is 4.74 Å². The molecule has 0 bridgehead atoms. The number of hydrogen-bond donors (Lipinski definition) is 2. The van der Waals surface area contributed by atoms with E-state index < -0.39 is 12.8 Å². The molecule has 2 N–H and O–H groups in total. The largest absolute Gasteiger partial charge is 0.497 e. The van der Waals surface area contributed by atoms with Crippen LogP contribution in [-0.4, -0.2) is 37.9 Å². The molecular weight excluding hydrogens is 488 g/mol. The van der Waals surface area contributed by atoms with E-state index in [0.29, 0.717) is 19.0 Å². The lowest BCUT2D eigenvalue weighted by Crippen LogP contribution is -2.36. The van der Waals surface area contributed by atoms with Crippen LogP contribution >= 0.6 is 24.0 Å². The summed E-state index contributed by atoms with van der Waals surface area (Å²) in [5.74, 6) is 1.26. The number of aromatic nitrogens is 1. The summed E-state index contributed by atoms with van der Waals surface area (Å²) >= 11 is 0. The van der Waals surface area contributed by atoms with Gasteiger partial charge < -0.3 is 20.1 Å². The van der Waals surface area contributed by atoms with E-state index in [-0.39, 0.29) is 29.9 Å². The number of pyridine rings is 1. The number of guanidine groups is 1. The van der Waals surface area contributed by atoms with Crippen molar-refractivity contribution in [1.82, 2.24) is 15.6 Å². The first-order valence-corrected chi connectivity index (χ1v) is 8.11. The van der Waals surface area contributed by atoms with Crippen LogP contribution in [0.15, 0.2) is 47.6 Å². The zero-order valence-corrected chi connectivity index (χ0v) is 17.7. The van der Waals surface area contributed by atoms with E-state index >= 15 is 0 Å². The smallest absolute Gasteiger partial charge is 0.422 e. The molecule has 0 saturated carbocycles. The monoisotopic (exact) mass is 510 g/mol. The fourth-order valence-electron chi connectivity index (χ4n) is 2.13. The Morgan fingerprint density at radius 3 is 2.29 bits per heavy atom. The molecule has 0 aliphatic rings. The third-order valence-electron chi connectivity index (χ3n) is 3.49. The number of benzene rings is 1. The highest BCUT2D eigenvalue weighted by molar-refractivity contribution is 14.0. The average molecular weight is 510 g/mol. The molecule has 0 unspecified atom stereocenters. The molecule has 28 heavy (non-hydrogen) atoms. The van der Waals surface area contributed by atoms with Gasteiger partial charge in [-0.2, -0.15) is 13.2 Å². The van der Waals surface area contributed by atoms with Crippen molar-refractivity contribution in [2.75, 3.05) is 20.8 Å². The number of aliphatic imine (C=N–C) groups is 1. The maximum absolute atomic E-state index is 12.2. The highest BCUT2D eigenvalue weighted by Crippen LogP contribution is 2.17. The van der Waals surface area contributed by atoms with Crippen molar-refractivity contribution in [3.05, 3.63) is 53.7 Å². The summed E-state index contributed by atoms with van der Waals surface area (Å²) in [6, 6.07) is 10.7. The maximum Gasteiger partial charge on any atom is 0.422 e. The van der Waals surface area contributed by atoms with Crippen LogP contribution in [0.4, 0.5) is 13.2 Å². The van der Waals surface area contributed by atoms with E-state index in [0.717, 1.165) is 16.9 Å². The number of alkyl halides is 3. The second-order valence-electron chi connectivity index (χ2n) is 5.53. The van der Waals surface area contributed by atoms with Crippen LogP contribution in [0.1, 0.15) is 11.1 Å². The van der Waals surface area contributed by atoms with Gasteiger partial charge in [0.05, 0.1) is 7.11 Å². The number of hydrogen-bond acceptors (Lipinski definition) is 4. The van der Waals surface area contributed by atoms with Crippen molar-refractivity contribution >= 4 is 29.9 Å². The van der Waals surface area contributed by atoms with Gasteiger partial charge in [-0.05, 0) is 29.3 Å². The molecule has 2 rings (SSSR count). The molecule has 0 aliphatic heterocycles. The van der Waals surface area contributed by atoms with Crippen LogP contribution in [0.25, 0.3) is 0 Å². The summed E-state index contributed by atoms with van der Waals surface area (Å²) in [7, 11) is 3.24. The van der Waals surface area contributed by atoms with Crippen molar-refractivity contribution in [2.24, 2.45) is 4.99 Å². The quantitative estimate of drug-likeness (QED) is 0.339. The topological polar surface area (TPSA) is 67.8 Å². The number of methoxy groups -OCH3 is 1. The molecule has 154 valence electrons. The predicted molar refractivity (Wildman–Crippen MR) is 111 cm³/mol. The van der Waals surface area contributed by atoms with Crippen molar-refractivity contribution in [1.29, 1.82) is 0 Å². The zero-order chi connectivity index (χ0) is 19.7. The van der Waals surface area contributed by atoms with Crippen LogP contribution in [0, 0.1) is 0 Å². The van der Waals surface area contributed by atoms with Gasteiger partial charge in [0.2, 0.25) is 5.88 Å². The zero-order valence-electron chi connectivity index (χ0n) is 15.4. The first-order chi connectivity index (χ1) is 12.9. The van der Waals surface area contributed by atoms with E-state index in [9.17, 15) is 13.2 Å². The molecule has 0 spiro atoms. The van der Waals surface area contributed by atoms with Gasteiger partial charge in [-0.25, -0.2) is 4.98 Å². The highest BCUT2D eigenvalue weighted by Gasteiger charge is 2.28. The number of ether oxygens (including phenoxy) is 2. The Morgan fingerprint density at radius 2 is 1.71 bits per heavy atom. The number of rotatable bonds is 7. The molecule has 6 nitrogen and oxygen atoms in total. The molecule has 10 heteroatoms. The van der Waals surface area contributed by atoms with Gasteiger partial charge in [0.15, 0.2) is 12.6 Å². The lowest BCUT2D eigenvalue weighted by atomic mass is 10.2. The average Bonchev–Trinajstić information content (AvgIpc) is 2.67. The first kappa shape index (κ1) is 23.8. The second kappa shape index (κ2) is 11.6. The number of nitrogens with zero attached hydrogens (tertiary/aromatic N) is 2. The second-order valence-corrected chi connectivity index (χ2v) is 5.53. The summed E-state index contributed by atoms with van der Waals surface area (Å²) in [5, 5.41) is 6.24. The van der Waals surface area contributed by atoms with Crippen molar-refractivity contribution in [3.8, 4) is 11.6 Å². The first-order valence-electron chi connectivity index (χ1n) is 8.11. The van der Waals surface area contributed by atoms with Crippen LogP contribution in [0.2, 0.25) is 0 Å². The molecule has 0 radical (unpaired) electrons. The predicted octanol–water partition coefficient (Wildman–Crippen LogP) is 3.51. The van der Waals surface area contributed by atoms with E-state index in [2.05, 4.69) is 25.3 Å². The third-order valence-corrected chi connectivity index (χ3v) is 3.49. The van der Waals surface area contributed by atoms with Crippen LogP contribution in [0.5, 0.6) is 11.6 Å². The molecule has 0 atom stereocenters. The lowest BCUT2D eigenvalue weighted by Gasteiger charge is -2.13. The van der Waals surface area contributed by atoms with Crippen LogP contribution in [-0.2, 0) is 13.1 Å². The van der Waals surface area contributed by atoms with Gasteiger partial charge in [-0.15, -0.1) is 24.0 Å². The molecule has 0 fully saturated rings. The molecule has 1 aromatic carbocycles. The van der Waals surface area contributed by atoms with Crippen molar-refractivity contribution in [3.63, 3.8) is 0 Å². The Hall–Kier alpha value is -2.24. The minimum atomic E-state index is -4.40. The normalized spacial score (nSPS) is 11.4. The summed E-state index contributed by atoms with van der Waals surface area (Å²) in [6.45, 7) is -0.463. The summed E-state index contributed by atoms with van der Waals surface area (Å²) in [6.07, 6.45) is -3.00. The minimum Gasteiger partial charge on any atom is -0.497 e. The maximum atomic E-state index is 12.2. The van der Waals surface area contributed by atoms with Gasteiger partial charge in [0.25, 0.3) is 0 Å². The standard InChI is InChI=1S/C18H21F3N4O2.HI/c1-22-17(24-10-13-3-5-15(26-2)6-4-13)25-11-14-7-8-23-16(9-14)27-12-18(19,20)21;/h3-9H,10-12H2,1-2H3,(H2,22,24,25);1H. The molecule has 0 amide bonds. The summed E-state index contributed by atoms with van der Waals surface area (Å²) < 4.78 is 46.4. The fraction of sp³-hybridized carbons (Fsp3) is 0.333. The Bertz CT molecular complexity index is 755. The number of nitrogens with one attached hydrogen (secondary N) is 2. The molecule has 2 aromatic rings. The third kappa shape index (κ3) is 8.63. The molecule has 0 aliphatic carbocycles. The van der Waals surface area contributed by atoms with Gasteiger partial charge >= 0.3 is 6.18 Å². The van der Waals surface area contributed by atoms with Gasteiger partial charge in [0.1, 0.15) is 5.75 Å². The van der Waals surface area contributed by atoms with Gasteiger partial charge in [-0.3, -0.25) is 4.99 Å². The molecule has 1 heterocycles. The molecule has 0 saturated heterocycles. The van der Waals surface area contributed by atoms with Crippen LogP contribution < -0.4 is 20.1 Å². The summed E-state index contributed by atoms with van der Waals surface area (Å²) in [5.41, 5.74) is 1.76. The SMILES string of the molecule is CN=C(NCc1ccc(OC)cc1)NCc1ccnc(OCC(F)(F)F)c1.I. The Labute approximate surface area is 178 Å². The van der Waals surface area contributed by atoms with Gasteiger partial charge in [0, 0.05) is 32.4 Å². The summed E-state index contributed by atoms with van der Waals surface area (Å²) in [4.78, 5) is 7.89. The van der Waals surface area contributed by atoms with Gasteiger partial charge in [-0.1, -0.05) is 12.1 Å². The minimum absolute atomic E-state index is 0. The molecule has 1 aromatic heterocycles. The Kier molecular flexibility index (Phi) is 9.83.